The molecule has 0 spiro atoms. The van der Waals surface area contributed by atoms with E-state index < -0.39 is 0 Å². The van der Waals surface area contributed by atoms with Crippen molar-refractivity contribution >= 4 is 5.91 Å². The summed E-state index contributed by atoms with van der Waals surface area (Å²) in [6.45, 7) is 4.34. The topological polar surface area (TPSA) is 50.4 Å². The van der Waals surface area contributed by atoms with Crippen molar-refractivity contribution in [2.45, 2.75) is 19.8 Å². The Hall–Kier alpha value is -0.610. The molecular formula is C10H22N2O2. The van der Waals surface area contributed by atoms with E-state index in [-0.39, 0.29) is 5.91 Å². The first-order valence-corrected chi connectivity index (χ1v) is 5.11. The largest absolute Gasteiger partial charge is 0.384 e. The van der Waals surface area contributed by atoms with Crippen molar-refractivity contribution in [3.63, 3.8) is 0 Å². The van der Waals surface area contributed by atoms with Gasteiger partial charge in [0.1, 0.15) is 0 Å². The summed E-state index contributed by atoms with van der Waals surface area (Å²) in [4.78, 5) is 11.3. The van der Waals surface area contributed by atoms with Crippen LogP contribution < -0.4 is 10.6 Å². The molecule has 0 fully saturated rings. The summed E-state index contributed by atoms with van der Waals surface area (Å²) in [6, 6.07) is 0. The summed E-state index contributed by atoms with van der Waals surface area (Å²) >= 11 is 0. The highest BCUT2D eigenvalue weighted by atomic mass is 16.5. The molecule has 14 heavy (non-hydrogen) atoms. The van der Waals surface area contributed by atoms with Crippen LogP contribution in [0.15, 0.2) is 0 Å². The quantitative estimate of drug-likeness (QED) is 0.560. The molecule has 0 aromatic carbocycles. The maximum Gasteiger partial charge on any atom is 0.220 e. The van der Waals surface area contributed by atoms with Gasteiger partial charge in [-0.1, -0.05) is 6.92 Å². The lowest BCUT2D eigenvalue weighted by Gasteiger charge is -2.10. The van der Waals surface area contributed by atoms with Gasteiger partial charge in [0.05, 0.1) is 0 Å². The Balaban J connectivity index is 3.35. The standard InChI is InChI=1S/C10H22N2O2/c1-9(8-14-3)7-10(13)12-6-4-5-11-2/h9,11H,4-8H2,1-3H3,(H,12,13). The smallest absolute Gasteiger partial charge is 0.220 e. The maximum absolute atomic E-state index is 11.3. The Morgan fingerprint density at radius 1 is 1.43 bits per heavy atom. The van der Waals surface area contributed by atoms with Crippen LogP contribution in [0.1, 0.15) is 19.8 Å². The van der Waals surface area contributed by atoms with Crippen molar-refractivity contribution in [3.8, 4) is 0 Å². The molecular weight excluding hydrogens is 180 g/mol. The predicted molar refractivity (Wildman–Crippen MR) is 57.2 cm³/mol. The third-order valence-corrected chi connectivity index (χ3v) is 1.91. The normalized spacial score (nSPS) is 12.5. The molecule has 84 valence electrons. The SMILES string of the molecule is CNCCCNC(=O)CC(C)COC. The number of hydrogen-bond acceptors (Lipinski definition) is 3. The number of carbonyl (C=O) groups excluding carboxylic acids is 1. The number of ether oxygens (including phenoxy) is 1. The molecule has 0 aromatic heterocycles. The van der Waals surface area contributed by atoms with Gasteiger partial charge in [0.15, 0.2) is 0 Å². The summed E-state index contributed by atoms with van der Waals surface area (Å²) in [5.74, 6) is 0.412. The number of rotatable bonds is 8. The van der Waals surface area contributed by atoms with E-state index in [1.54, 1.807) is 7.11 Å². The molecule has 0 radical (unpaired) electrons. The third kappa shape index (κ3) is 8.01. The molecule has 1 atom stereocenters. The van der Waals surface area contributed by atoms with Crippen molar-refractivity contribution in [2.24, 2.45) is 5.92 Å². The lowest BCUT2D eigenvalue weighted by atomic mass is 10.1. The average Bonchev–Trinajstić information content (AvgIpc) is 2.13. The van der Waals surface area contributed by atoms with E-state index in [0.29, 0.717) is 18.9 Å². The summed E-state index contributed by atoms with van der Waals surface area (Å²) in [7, 11) is 3.56. The van der Waals surface area contributed by atoms with Crippen LogP contribution >= 0.6 is 0 Å². The fraction of sp³-hybridized carbons (Fsp3) is 0.900. The highest BCUT2D eigenvalue weighted by Gasteiger charge is 2.07. The van der Waals surface area contributed by atoms with Crippen molar-refractivity contribution in [3.05, 3.63) is 0 Å². The van der Waals surface area contributed by atoms with Crippen molar-refractivity contribution in [1.29, 1.82) is 0 Å². The second kappa shape index (κ2) is 8.97. The first-order valence-electron chi connectivity index (χ1n) is 5.11. The first-order chi connectivity index (χ1) is 6.70. The minimum absolute atomic E-state index is 0.116. The molecule has 0 aliphatic carbocycles. The van der Waals surface area contributed by atoms with Crippen LogP contribution in [0.3, 0.4) is 0 Å². The van der Waals surface area contributed by atoms with E-state index in [1.807, 2.05) is 14.0 Å². The molecule has 0 saturated heterocycles. The summed E-state index contributed by atoms with van der Waals surface area (Å²) in [5.41, 5.74) is 0. The third-order valence-electron chi connectivity index (χ3n) is 1.91. The van der Waals surface area contributed by atoms with E-state index >= 15 is 0 Å². The Morgan fingerprint density at radius 2 is 2.14 bits per heavy atom. The van der Waals surface area contributed by atoms with Crippen LogP contribution in [0.4, 0.5) is 0 Å². The molecule has 0 heterocycles. The number of hydrogen-bond donors (Lipinski definition) is 2. The zero-order valence-corrected chi connectivity index (χ0v) is 9.43. The number of nitrogens with one attached hydrogen (secondary N) is 2. The van der Waals surface area contributed by atoms with Crippen LogP contribution in [-0.4, -0.2) is 39.8 Å². The van der Waals surface area contributed by atoms with E-state index in [1.165, 1.54) is 0 Å². The van der Waals surface area contributed by atoms with Gasteiger partial charge in [-0.25, -0.2) is 0 Å². The second-order valence-corrected chi connectivity index (χ2v) is 3.57. The molecule has 0 aliphatic heterocycles. The highest BCUT2D eigenvalue weighted by molar-refractivity contribution is 5.76. The fourth-order valence-corrected chi connectivity index (χ4v) is 1.23. The number of carbonyl (C=O) groups is 1. The van der Waals surface area contributed by atoms with Gasteiger partial charge in [0.2, 0.25) is 5.91 Å². The van der Waals surface area contributed by atoms with Gasteiger partial charge in [-0.05, 0) is 25.9 Å². The maximum atomic E-state index is 11.3. The average molecular weight is 202 g/mol. The second-order valence-electron chi connectivity index (χ2n) is 3.57. The Kier molecular flexibility index (Phi) is 8.57. The van der Waals surface area contributed by atoms with Gasteiger partial charge < -0.3 is 15.4 Å². The molecule has 0 saturated carbocycles. The van der Waals surface area contributed by atoms with Crippen LogP contribution in [0, 0.1) is 5.92 Å². The highest BCUT2D eigenvalue weighted by Crippen LogP contribution is 2.00. The minimum Gasteiger partial charge on any atom is -0.384 e. The Morgan fingerprint density at radius 3 is 2.71 bits per heavy atom. The monoisotopic (exact) mass is 202 g/mol. The summed E-state index contributed by atoms with van der Waals surface area (Å²) < 4.78 is 4.96. The Labute approximate surface area is 86.4 Å². The van der Waals surface area contributed by atoms with Gasteiger partial charge >= 0.3 is 0 Å². The molecule has 4 nitrogen and oxygen atoms in total. The molecule has 0 rings (SSSR count). The van der Waals surface area contributed by atoms with Crippen LogP contribution in [0.25, 0.3) is 0 Å². The van der Waals surface area contributed by atoms with Crippen molar-refractivity contribution < 1.29 is 9.53 Å². The lowest BCUT2D eigenvalue weighted by molar-refractivity contribution is -0.122. The van der Waals surface area contributed by atoms with Crippen molar-refractivity contribution in [1.82, 2.24) is 10.6 Å². The van der Waals surface area contributed by atoms with E-state index in [4.69, 9.17) is 4.74 Å². The molecule has 1 amide bonds. The first kappa shape index (κ1) is 13.4. The number of methoxy groups -OCH3 is 1. The lowest BCUT2D eigenvalue weighted by Crippen LogP contribution is -2.28. The Bertz CT molecular complexity index is 151. The van der Waals surface area contributed by atoms with E-state index in [0.717, 1.165) is 19.5 Å². The molecule has 2 N–H and O–H groups in total. The fourth-order valence-electron chi connectivity index (χ4n) is 1.23. The molecule has 0 aromatic rings. The van der Waals surface area contributed by atoms with Crippen LogP contribution in [-0.2, 0) is 9.53 Å². The van der Waals surface area contributed by atoms with Crippen LogP contribution in [0.5, 0.6) is 0 Å². The minimum atomic E-state index is 0.116. The molecule has 0 bridgehead atoms. The molecule has 0 aliphatic rings. The summed E-state index contributed by atoms with van der Waals surface area (Å²) in [6.07, 6.45) is 1.52. The molecule has 4 heteroatoms. The van der Waals surface area contributed by atoms with Gasteiger partial charge in [-0.15, -0.1) is 0 Å². The van der Waals surface area contributed by atoms with Gasteiger partial charge in [0.25, 0.3) is 0 Å². The van der Waals surface area contributed by atoms with Crippen LogP contribution in [0.2, 0.25) is 0 Å². The van der Waals surface area contributed by atoms with Gasteiger partial charge in [-0.2, -0.15) is 0 Å². The zero-order chi connectivity index (χ0) is 10.8. The van der Waals surface area contributed by atoms with Crippen molar-refractivity contribution in [2.75, 3.05) is 33.9 Å². The van der Waals surface area contributed by atoms with Gasteiger partial charge in [0, 0.05) is 26.7 Å². The predicted octanol–water partition coefficient (Wildman–Crippen LogP) is 0.385. The number of amides is 1. The summed E-state index contributed by atoms with van der Waals surface area (Å²) in [5, 5.41) is 5.90. The molecule has 1 unspecified atom stereocenters. The van der Waals surface area contributed by atoms with E-state index in [2.05, 4.69) is 10.6 Å². The zero-order valence-electron chi connectivity index (χ0n) is 9.43. The van der Waals surface area contributed by atoms with Gasteiger partial charge in [-0.3, -0.25) is 4.79 Å². The van der Waals surface area contributed by atoms with E-state index in [9.17, 15) is 4.79 Å².